The molecular formula is C25H32Cl2N4O4S. The first-order chi connectivity index (χ1) is 16.4. The topological polar surface area (TPSA) is 93.2 Å². The molecule has 0 saturated carbocycles. The molecule has 1 atom stereocenters. The lowest BCUT2D eigenvalue weighted by Crippen LogP contribution is -2.48. The molecule has 11 heteroatoms. The molecule has 1 aromatic rings. The number of hydrogen-bond donors (Lipinski definition) is 2. The average molecular weight is 556 g/mol. The highest BCUT2D eigenvalue weighted by Crippen LogP contribution is 2.38. The lowest BCUT2D eigenvalue weighted by molar-refractivity contribution is 0.180. The van der Waals surface area contributed by atoms with Crippen LogP contribution in [0.15, 0.2) is 77.1 Å². The van der Waals surface area contributed by atoms with E-state index < -0.39 is 10.1 Å². The Hall–Kier alpha value is -2.30. The minimum absolute atomic E-state index is 0. The summed E-state index contributed by atoms with van der Waals surface area (Å²) in [6, 6.07) is 10.3. The molecule has 0 spiro atoms. The molecular weight excluding hydrogens is 523 g/mol. The summed E-state index contributed by atoms with van der Waals surface area (Å²) in [7, 11) is -4.35. The van der Waals surface area contributed by atoms with E-state index in [0.717, 1.165) is 45.3 Å². The van der Waals surface area contributed by atoms with E-state index >= 15 is 0 Å². The number of rotatable bonds is 6. The second-order valence-electron chi connectivity index (χ2n) is 9.17. The van der Waals surface area contributed by atoms with Crippen LogP contribution in [0.5, 0.6) is 0 Å². The fourth-order valence-electron chi connectivity index (χ4n) is 5.18. The highest BCUT2D eigenvalue weighted by molar-refractivity contribution is 7.90. The van der Waals surface area contributed by atoms with Crippen LogP contribution < -0.4 is 5.32 Å². The van der Waals surface area contributed by atoms with E-state index in [0.29, 0.717) is 18.1 Å². The minimum Gasteiger partial charge on any atom is -0.335 e. The zero-order valence-corrected chi connectivity index (χ0v) is 22.3. The number of benzene rings is 1. The van der Waals surface area contributed by atoms with Gasteiger partial charge in [0.15, 0.2) is 0 Å². The van der Waals surface area contributed by atoms with Crippen LogP contribution in [0.25, 0.3) is 0 Å². The molecule has 4 aliphatic rings. The number of hydrogen-bond acceptors (Lipinski definition) is 5. The van der Waals surface area contributed by atoms with Crippen LogP contribution in [0.4, 0.5) is 4.79 Å². The number of nitrogens with one attached hydrogen (secondary N) is 1. The monoisotopic (exact) mass is 554 g/mol. The molecule has 196 valence electrons. The van der Waals surface area contributed by atoms with Gasteiger partial charge in [0, 0.05) is 19.1 Å². The SMILES string of the molecule is Cl.Cl.O=C(NC1CCN(CCCc2ccccc2)CC1)N1CC2C=CC(S(=O)(=O)O)=C3C=CC=C1N32. The van der Waals surface area contributed by atoms with E-state index in [4.69, 9.17) is 0 Å². The fraction of sp³-hybridized carbons (Fsp3) is 0.400. The van der Waals surface area contributed by atoms with Crippen LogP contribution in [0.1, 0.15) is 24.8 Å². The van der Waals surface area contributed by atoms with Gasteiger partial charge in [0.1, 0.15) is 10.7 Å². The van der Waals surface area contributed by atoms with Gasteiger partial charge in [-0.3, -0.25) is 9.45 Å². The highest BCUT2D eigenvalue weighted by Gasteiger charge is 2.42. The molecule has 4 aliphatic heterocycles. The van der Waals surface area contributed by atoms with Crippen molar-refractivity contribution in [2.24, 2.45) is 0 Å². The first-order valence-corrected chi connectivity index (χ1v) is 13.3. The molecule has 0 aromatic heterocycles. The van der Waals surface area contributed by atoms with Crippen molar-refractivity contribution in [1.29, 1.82) is 0 Å². The highest BCUT2D eigenvalue weighted by atomic mass is 35.5. The van der Waals surface area contributed by atoms with Gasteiger partial charge in [-0.25, -0.2) is 4.79 Å². The Balaban J connectivity index is 0.00000180. The predicted molar refractivity (Wildman–Crippen MR) is 145 cm³/mol. The molecule has 1 unspecified atom stereocenters. The van der Waals surface area contributed by atoms with Crippen molar-refractivity contribution in [3.05, 3.63) is 82.7 Å². The van der Waals surface area contributed by atoms with Crippen molar-refractivity contribution < 1.29 is 17.8 Å². The number of piperidine rings is 1. The van der Waals surface area contributed by atoms with Crippen LogP contribution in [-0.4, -0.2) is 72.0 Å². The van der Waals surface area contributed by atoms with Crippen molar-refractivity contribution in [2.75, 3.05) is 26.2 Å². The molecule has 5 rings (SSSR count). The number of aryl methyl sites for hydroxylation is 1. The van der Waals surface area contributed by atoms with E-state index in [9.17, 15) is 17.8 Å². The van der Waals surface area contributed by atoms with Crippen LogP contribution >= 0.6 is 24.8 Å². The molecule has 2 fully saturated rings. The molecule has 4 heterocycles. The van der Waals surface area contributed by atoms with Crippen LogP contribution in [0, 0.1) is 0 Å². The van der Waals surface area contributed by atoms with E-state index in [1.807, 2.05) is 6.07 Å². The lowest BCUT2D eigenvalue weighted by atomic mass is 10.0. The Kier molecular flexibility index (Phi) is 9.29. The molecule has 36 heavy (non-hydrogen) atoms. The minimum atomic E-state index is -4.35. The van der Waals surface area contributed by atoms with Gasteiger partial charge in [-0.1, -0.05) is 42.5 Å². The second-order valence-corrected chi connectivity index (χ2v) is 10.6. The number of amides is 2. The van der Waals surface area contributed by atoms with Crippen molar-refractivity contribution in [3.8, 4) is 0 Å². The maximum Gasteiger partial charge on any atom is 0.323 e. The summed E-state index contributed by atoms with van der Waals surface area (Å²) >= 11 is 0. The number of likely N-dealkylation sites (tertiary alicyclic amines) is 1. The van der Waals surface area contributed by atoms with Crippen LogP contribution in [-0.2, 0) is 16.5 Å². The smallest absolute Gasteiger partial charge is 0.323 e. The second kappa shape index (κ2) is 11.8. The Morgan fingerprint density at radius 2 is 1.81 bits per heavy atom. The number of halogens is 2. The molecule has 2 saturated heterocycles. The molecule has 2 N–H and O–H groups in total. The molecule has 0 bridgehead atoms. The van der Waals surface area contributed by atoms with Gasteiger partial charge in [0.25, 0.3) is 10.1 Å². The third-order valence-electron chi connectivity index (χ3n) is 6.93. The van der Waals surface area contributed by atoms with E-state index in [-0.39, 0.29) is 47.8 Å². The molecule has 0 aliphatic carbocycles. The Labute approximate surface area is 225 Å². The van der Waals surface area contributed by atoms with Gasteiger partial charge in [-0.2, -0.15) is 8.42 Å². The third kappa shape index (κ3) is 5.98. The standard InChI is InChI=1S/C25H30N4O4S.2ClH/c30-25(26-20-13-16-27(17-14-20)15-5-8-19-6-2-1-3-7-19)28-18-21-11-12-23(34(31,32)33)22-9-4-10-24(28)29(21)22;;/h1-4,6-7,9-12,20-21H,5,8,13-18H2,(H,26,30)(H,31,32,33);2*1H. The number of allylic oxidation sites excluding steroid dienone is 4. The van der Waals surface area contributed by atoms with Gasteiger partial charge >= 0.3 is 6.03 Å². The largest absolute Gasteiger partial charge is 0.335 e. The van der Waals surface area contributed by atoms with E-state index in [1.54, 1.807) is 34.1 Å². The zero-order valence-electron chi connectivity index (χ0n) is 19.8. The summed E-state index contributed by atoms with van der Waals surface area (Å²) in [5.41, 5.74) is 1.77. The number of urea groups is 1. The van der Waals surface area contributed by atoms with Crippen LogP contribution in [0.2, 0.25) is 0 Å². The maximum absolute atomic E-state index is 13.1. The van der Waals surface area contributed by atoms with Gasteiger partial charge in [0.2, 0.25) is 0 Å². The van der Waals surface area contributed by atoms with Crippen molar-refractivity contribution in [2.45, 2.75) is 37.8 Å². The molecule has 1 aromatic carbocycles. The van der Waals surface area contributed by atoms with Gasteiger partial charge in [-0.05, 0) is 56.0 Å². The quantitative estimate of drug-likeness (QED) is 0.521. The van der Waals surface area contributed by atoms with Gasteiger partial charge in [-0.15, -0.1) is 24.8 Å². The number of carbonyl (C=O) groups excluding carboxylic acids is 1. The summed E-state index contributed by atoms with van der Waals surface area (Å²) in [5, 5.41) is 3.18. The summed E-state index contributed by atoms with van der Waals surface area (Å²) in [4.78, 5) is 18.9. The Bertz CT molecular complexity index is 1180. The molecule has 8 nitrogen and oxygen atoms in total. The maximum atomic E-state index is 13.1. The van der Waals surface area contributed by atoms with Crippen molar-refractivity contribution >= 4 is 41.0 Å². The van der Waals surface area contributed by atoms with Crippen LogP contribution in [0.3, 0.4) is 0 Å². The Morgan fingerprint density at radius 1 is 1.08 bits per heavy atom. The van der Waals surface area contributed by atoms with E-state index in [2.05, 4.69) is 34.5 Å². The summed E-state index contributed by atoms with van der Waals surface area (Å²) in [6.45, 7) is 3.42. The van der Waals surface area contributed by atoms with E-state index in [1.165, 1.54) is 11.6 Å². The normalized spacial score (nSPS) is 21.5. The summed E-state index contributed by atoms with van der Waals surface area (Å²) in [6.07, 6.45) is 12.3. The number of nitrogens with zero attached hydrogens (tertiary/aromatic N) is 3. The first-order valence-electron chi connectivity index (χ1n) is 11.8. The molecule has 2 amide bonds. The van der Waals surface area contributed by atoms with Gasteiger partial charge in [0.05, 0.1) is 18.3 Å². The fourth-order valence-corrected chi connectivity index (χ4v) is 5.86. The average Bonchev–Trinajstić information content (AvgIpc) is 3.21. The first kappa shape index (κ1) is 28.3. The predicted octanol–water partition coefficient (Wildman–Crippen LogP) is 3.70. The number of carbonyl (C=O) groups is 1. The molecule has 0 radical (unpaired) electrons. The lowest BCUT2D eigenvalue weighted by Gasteiger charge is -2.34. The van der Waals surface area contributed by atoms with Crippen molar-refractivity contribution in [1.82, 2.24) is 20.0 Å². The van der Waals surface area contributed by atoms with Gasteiger partial charge < -0.3 is 15.1 Å². The Morgan fingerprint density at radius 3 is 2.50 bits per heavy atom. The zero-order chi connectivity index (χ0) is 23.7. The summed E-state index contributed by atoms with van der Waals surface area (Å²) < 4.78 is 33.2. The van der Waals surface area contributed by atoms with Crippen molar-refractivity contribution in [3.63, 3.8) is 0 Å². The third-order valence-corrected chi connectivity index (χ3v) is 7.83. The summed E-state index contributed by atoms with van der Waals surface area (Å²) in [5.74, 6) is 0.629.